The van der Waals surface area contributed by atoms with E-state index in [9.17, 15) is 9.59 Å². The van der Waals surface area contributed by atoms with E-state index in [4.69, 9.17) is 4.74 Å². The van der Waals surface area contributed by atoms with Gasteiger partial charge in [0.15, 0.2) is 6.29 Å². The minimum atomic E-state index is -0.547. The third-order valence-electron chi connectivity index (χ3n) is 1.91. The Morgan fingerprint density at radius 3 is 2.00 bits per heavy atom. The second-order valence-electron chi connectivity index (χ2n) is 3.72. The number of hydrogen-bond acceptors (Lipinski definition) is 6. The molecule has 1 unspecified atom stereocenters. The van der Waals surface area contributed by atoms with Gasteiger partial charge in [0.25, 0.3) is 0 Å². The van der Waals surface area contributed by atoms with Crippen molar-refractivity contribution in [2.75, 3.05) is 13.7 Å². The maximum atomic E-state index is 11.0. The third-order valence-corrected chi connectivity index (χ3v) is 1.91. The molecule has 0 spiro atoms. The Hall–Kier alpha value is -1.66. The second kappa shape index (κ2) is 12.4. The first-order valence-electron chi connectivity index (χ1n) is 6.20. The molecular formula is C14H24O6. The number of esters is 1. The maximum Gasteiger partial charge on any atom is 0.368 e. The zero-order valence-electron chi connectivity index (χ0n) is 12.9. The summed E-state index contributed by atoms with van der Waals surface area (Å²) in [5.41, 5.74) is 0.811. The summed E-state index contributed by atoms with van der Waals surface area (Å²) in [5, 5.41) is 0. The van der Waals surface area contributed by atoms with Gasteiger partial charge in [-0.3, -0.25) is 4.89 Å². The van der Waals surface area contributed by atoms with Crippen LogP contribution in [-0.2, 0) is 28.8 Å². The van der Waals surface area contributed by atoms with E-state index in [1.54, 1.807) is 13.8 Å². The average Bonchev–Trinajstić information content (AvgIpc) is 2.43. The third kappa shape index (κ3) is 11.4. The predicted molar refractivity (Wildman–Crippen MR) is 74.5 cm³/mol. The van der Waals surface area contributed by atoms with E-state index in [1.807, 2.05) is 13.8 Å². The quantitative estimate of drug-likeness (QED) is 0.236. The van der Waals surface area contributed by atoms with Gasteiger partial charge in [-0.1, -0.05) is 20.1 Å². The van der Waals surface area contributed by atoms with Crippen molar-refractivity contribution in [3.05, 3.63) is 24.3 Å². The van der Waals surface area contributed by atoms with Crippen LogP contribution in [0.15, 0.2) is 24.3 Å². The van der Waals surface area contributed by atoms with Crippen LogP contribution in [0, 0.1) is 0 Å². The van der Waals surface area contributed by atoms with Crippen LogP contribution in [-0.4, -0.2) is 31.9 Å². The van der Waals surface area contributed by atoms with Gasteiger partial charge in [0.2, 0.25) is 0 Å². The van der Waals surface area contributed by atoms with Crippen LogP contribution >= 0.6 is 0 Å². The molecule has 0 aromatic rings. The molecule has 1 atom stereocenters. The fourth-order valence-corrected chi connectivity index (χ4v) is 0.751. The van der Waals surface area contributed by atoms with Crippen LogP contribution in [0.1, 0.15) is 34.1 Å². The van der Waals surface area contributed by atoms with E-state index in [0.717, 1.165) is 0 Å². The van der Waals surface area contributed by atoms with Crippen molar-refractivity contribution < 1.29 is 28.8 Å². The largest absolute Gasteiger partial charge is 0.466 e. The van der Waals surface area contributed by atoms with E-state index in [2.05, 4.69) is 27.7 Å². The summed E-state index contributed by atoms with van der Waals surface area (Å²) < 4.78 is 9.25. The molecule has 6 heteroatoms. The summed E-state index contributed by atoms with van der Waals surface area (Å²) in [6.45, 7) is 14.2. The summed E-state index contributed by atoms with van der Waals surface area (Å²) >= 11 is 0. The number of methoxy groups -OCH3 is 1. The molecule has 116 valence electrons. The van der Waals surface area contributed by atoms with Gasteiger partial charge in [0.05, 0.1) is 7.11 Å². The molecule has 0 aliphatic rings. The van der Waals surface area contributed by atoms with Gasteiger partial charge < -0.3 is 9.47 Å². The Balaban J connectivity index is 0. The fraction of sp³-hybridized carbons (Fsp3) is 0.571. The highest BCUT2D eigenvalue weighted by atomic mass is 17.2. The van der Waals surface area contributed by atoms with Crippen LogP contribution in [0.25, 0.3) is 0 Å². The van der Waals surface area contributed by atoms with Crippen molar-refractivity contribution in [3.63, 3.8) is 0 Å². The highest BCUT2D eigenvalue weighted by Gasteiger charge is 2.10. The summed E-state index contributed by atoms with van der Waals surface area (Å²) in [7, 11) is 1.33. The lowest BCUT2D eigenvalue weighted by molar-refractivity contribution is -0.343. The predicted octanol–water partition coefficient (Wildman–Crippen LogP) is 2.55. The molecule has 0 bridgehead atoms. The standard InChI is InChI=1S/C9H16O4.C5H8O2/c1-5-7(3)9(10)13-12-8(4)11-6-2;1-4(2)5(6)7-3/h8H,3,5-6H2,1-2,4H3;1H2,2-3H3. The van der Waals surface area contributed by atoms with Gasteiger partial charge in [-0.15, -0.1) is 0 Å². The smallest absolute Gasteiger partial charge is 0.368 e. The minimum absolute atomic E-state index is 0.347. The zero-order chi connectivity index (χ0) is 16.1. The fourth-order valence-electron chi connectivity index (χ4n) is 0.751. The van der Waals surface area contributed by atoms with Crippen molar-refractivity contribution >= 4 is 11.9 Å². The van der Waals surface area contributed by atoms with Crippen LogP contribution in [0.4, 0.5) is 0 Å². The molecule has 0 fully saturated rings. The van der Waals surface area contributed by atoms with E-state index >= 15 is 0 Å². The Kier molecular flexibility index (Phi) is 12.8. The lowest BCUT2D eigenvalue weighted by Crippen LogP contribution is -2.17. The molecule has 0 rings (SSSR count). The second-order valence-corrected chi connectivity index (χ2v) is 3.72. The average molecular weight is 288 g/mol. The van der Waals surface area contributed by atoms with Crippen molar-refractivity contribution in [1.82, 2.24) is 0 Å². The maximum absolute atomic E-state index is 11.0. The van der Waals surface area contributed by atoms with Gasteiger partial charge >= 0.3 is 11.9 Å². The van der Waals surface area contributed by atoms with E-state index in [1.165, 1.54) is 7.11 Å². The van der Waals surface area contributed by atoms with Gasteiger partial charge in [0.1, 0.15) is 0 Å². The normalized spacial score (nSPS) is 10.7. The van der Waals surface area contributed by atoms with Gasteiger partial charge in [-0.05, 0) is 27.2 Å². The van der Waals surface area contributed by atoms with E-state index in [-0.39, 0.29) is 5.97 Å². The lowest BCUT2D eigenvalue weighted by atomic mass is 10.2. The molecule has 0 heterocycles. The molecule has 0 N–H and O–H groups in total. The molecule has 6 nitrogen and oxygen atoms in total. The number of hydrogen-bond donors (Lipinski definition) is 0. The monoisotopic (exact) mass is 288 g/mol. The van der Waals surface area contributed by atoms with Crippen molar-refractivity contribution in [2.24, 2.45) is 0 Å². The molecular weight excluding hydrogens is 264 g/mol. The Bertz CT molecular complexity index is 335. The highest BCUT2D eigenvalue weighted by Crippen LogP contribution is 2.02. The number of carbonyl (C=O) groups excluding carboxylic acids is 2. The first kappa shape index (κ1) is 20.7. The highest BCUT2D eigenvalue weighted by molar-refractivity contribution is 5.87. The molecule has 0 amide bonds. The summed E-state index contributed by atoms with van der Waals surface area (Å²) in [6, 6.07) is 0. The lowest BCUT2D eigenvalue weighted by Gasteiger charge is -2.10. The number of rotatable bonds is 7. The molecule has 20 heavy (non-hydrogen) atoms. The molecule has 0 radical (unpaired) electrons. The summed E-state index contributed by atoms with van der Waals surface area (Å²) in [4.78, 5) is 30.3. The number of carbonyl (C=O) groups is 2. The van der Waals surface area contributed by atoms with Crippen molar-refractivity contribution in [1.29, 1.82) is 0 Å². The molecule has 0 saturated carbocycles. The topological polar surface area (TPSA) is 71.1 Å². The van der Waals surface area contributed by atoms with Gasteiger partial charge in [-0.2, -0.15) is 4.89 Å². The van der Waals surface area contributed by atoms with Gasteiger partial charge in [0, 0.05) is 17.8 Å². The minimum Gasteiger partial charge on any atom is -0.466 e. The Morgan fingerprint density at radius 1 is 1.15 bits per heavy atom. The van der Waals surface area contributed by atoms with E-state index in [0.29, 0.717) is 24.2 Å². The Labute approximate surface area is 120 Å². The first-order chi connectivity index (χ1) is 9.29. The SMILES string of the molecule is C=C(C)C(=O)OC.C=C(CC)C(=O)OOC(C)OCC. The summed E-state index contributed by atoms with van der Waals surface area (Å²) in [5.74, 6) is -0.894. The first-order valence-corrected chi connectivity index (χ1v) is 6.20. The van der Waals surface area contributed by atoms with Gasteiger partial charge in [-0.25, -0.2) is 9.59 Å². The molecule has 0 aromatic heterocycles. The van der Waals surface area contributed by atoms with Crippen LogP contribution in [0.3, 0.4) is 0 Å². The number of ether oxygens (including phenoxy) is 2. The van der Waals surface area contributed by atoms with Crippen LogP contribution in [0.5, 0.6) is 0 Å². The molecule has 0 aliphatic carbocycles. The summed E-state index contributed by atoms with van der Waals surface area (Å²) in [6.07, 6.45) is 0.00388. The van der Waals surface area contributed by atoms with Crippen LogP contribution in [0.2, 0.25) is 0 Å². The zero-order valence-corrected chi connectivity index (χ0v) is 12.9. The Morgan fingerprint density at radius 2 is 1.70 bits per heavy atom. The molecule has 0 aromatic carbocycles. The molecule has 0 aliphatic heterocycles. The van der Waals surface area contributed by atoms with Crippen molar-refractivity contribution in [3.8, 4) is 0 Å². The van der Waals surface area contributed by atoms with Crippen molar-refractivity contribution in [2.45, 2.75) is 40.4 Å². The van der Waals surface area contributed by atoms with Crippen LogP contribution < -0.4 is 0 Å². The van der Waals surface area contributed by atoms with E-state index < -0.39 is 12.3 Å². The molecule has 0 saturated heterocycles.